The summed E-state index contributed by atoms with van der Waals surface area (Å²) < 4.78 is 5.76. The van der Waals surface area contributed by atoms with E-state index in [1.54, 1.807) is 0 Å². The maximum atomic E-state index is 12.3. The van der Waals surface area contributed by atoms with Gasteiger partial charge in [-0.25, -0.2) is 0 Å². The van der Waals surface area contributed by atoms with E-state index in [-0.39, 0.29) is 24.0 Å². The average Bonchev–Trinajstić information content (AvgIpc) is 2.41. The third-order valence-electron chi connectivity index (χ3n) is 4.41. The van der Waals surface area contributed by atoms with Gasteiger partial charge in [-0.05, 0) is 36.8 Å². The number of piperidine rings is 1. The number of likely N-dealkylation sites (tertiary alicyclic amines) is 1. The molecule has 2 N–H and O–H groups in total. The molecular formula is C17H26N2O2. The molecule has 1 aromatic carbocycles. The monoisotopic (exact) mass is 290 g/mol. The number of amides is 1. The summed E-state index contributed by atoms with van der Waals surface area (Å²) in [4.78, 5) is 14.2. The van der Waals surface area contributed by atoms with Crippen molar-refractivity contribution in [3.63, 3.8) is 0 Å². The van der Waals surface area contributed by atoms with Crippen molar-refractivity contribution in [1.82, 2.24) is 4.90 Å². The summed E-state index contributed by atoms with van der Waals surface area (Å²) in [5, 5.41) is 0. The van der Waals surface area contributed by atoms with Gasteiger partial charge in [-0.15, -0.1) is 0 Å². The highest BCUT2D eigenvalue weighted by atomic mass is 16.5. The maximum Gasteiger partial charge on any atom is 0.260 e. The first-order chi connectivity index (χ1) is 9.81. The van der Waals surface area contributed by atoms with Crippen LogP contribution in [0.25, 0.3) is 0 Å². The van der Waals surface area contributed by atoms with Gasteiger partial charge in [0.2, 0.25) is 0 Å². The van der Waals surface area contributed by atoms with Gasteiger partial charge in [-0.1, -0.05) is 32.0 Å². The summed E-state index contributed by atoms with van der Waals surface area (Å²) in [6, 6.07) is 6.14. The molecule has 0 radical (unpaired) electrons. The number of carbonyl (C=O) groups excluding carboxylic acids is 1. The summed E-state index contributed by atoms with van der Waals surface area (Å²) in [5.74, 6) is 0.858. The minimum Gasteiger partial charge on any atom is -0.483 e. The Morgan fingerprint density at radius 2 is 2.00 bits per heavy atom. The molecule has 2 rings (SSSR count). The standard InChI is InChI=1S/C17H26N2O2/c1-12-6-5-7-13(2)16(12)21-10-15(20)19-9-8-14(18)17(3,4)11-19/h5-7,14H,8-11,18H2,1-4H3. The molecule has 4 heteroatoms. The molecule has 1 atom stereocenters. The van der Waals surface area contributed by atoms with E-state index in [0.717, 1.165) is 29.8 Å². The Hall–Kier alpha value is -1.55. The van der Waals surface area contributed by atoms with Crippen LogP contribution in [0.15, 0.2) is 18.2 Å². The van der Waals surface area contributed by atoms with Gasteiger partial charge in [0.25, 0.3) is 5.91 Å². The molecule has 21 heavy (non-hydrogen) atoms. The minimum absolute atomic E-state index is 0.0352. The van der Waals surface area contributed by atoms with Crippen LogP contribution in [0.4, 0.5) is 0 Å². The number of hydrogen-bond acceptors (Lipinski definition) is 3. The summed E-state index contributed by atoms with van der Waals surface area (Å²) in [6.07, 6.45) is 0.849. The number of carbonyl (C=O) groups is 1. The fourth-order valence-corrected chi connectivity index (χ4v) is 2.84. The summed E-state index contributed by atoms with van der Waals surface area (Å²) in [6.45, 7) is 9.73. The predicted octanol–water partition coefficient (Wildman–Crippen LogP) is 2.27. The molecule has 0 bridgehead atoms. The molecule has 1 heterocycles. The Labute approximate surface area is 127 Å². The number of nitrogens with zero attached hydrogens (tertiary/aromatic N) is 1. The first-order valence-electron chi connectivity index (χ1n) is 7.53. The Balaban J connectivity index is 1.96. The van der Waals surface area contributed by atoms with E-state index in [0.29, 0.717) is 6.54 Å². The van der Waals surface area contributed by atoms with Crippen LogP contribution in [0.1, 0.15) is 31.4 Å². The van der Waals surface area contributed by atoms with Crippen LogP contribution in [0.5, 0.6) is 5.75 Å². The van der Waals surface area contributed by atoms with Crippen LogP contribution in [0.3, 0.4) is 0 Å². The third-order valence-corrected chi connectivity index (χ3v) is 4.41. The van der Waals surface area contributed by atoms with E-state index >= 15 is 0 Å². The van der Waals surface area contributed by atoms with Gasteiger partial charge in [0, 0.05) is 19.1 Å². The van der Waals surface area contributed by atoms with Crippen molar-refractivity contribution < 1.29 is 9.53 Å². The van der Waals surface area contributed by atoms with Crippen LogP contribution in [-0.2, 0) is 4.79 Å². The number of rotatable bonds is 3. The Morgan fingerprint density at radius 1 is 1.38 bits per heavy atom. The molecule has 1 unspecified atom stereocenters. The van der Waals surface area contributed by atoms with Gasteiger partial charge < -0.3 is 15.4 Å². The smallest absolute Gasteiger partial charge is 0.260 e. The van der Waals surface area contributed by atoms with E-state index in [1.807, 2.05) is 36.9 Å². The molecule has 116 valence electrons. The Morgan fingerprint density at radius 3 is 2.57 bits per heavy atom. The maximum absolute atomic E-state index is 12.3. The molecule has 1 fully saturated rings. The van der Waals surface area contributed by atoms with Crippen molar-refractivity contribution in [2.24, 2.45) is 11.1 Å². The largest absolute Gasteiger partial charge is 0.483 e. The second kappa shape index (κ2) is 6.06. The van der Waals surface area contributed by atoms with Gasteiger partial charge in [0.05, 0.1) is 0 Å². The summed E-state index contributed by atoms with van der Waals surface area (Å²) >= 11 is 0. The normalized spacial score (nSPS) is 21.2. The zero-order chi connectivity index (χ0) is 15.6. The van der Waals surface area contributed by atoms with E-state index in [9.17, 15) is 4.79 Å². The zero-order valence-corrected chi connectivity index (χ0v) is 13.5. The lowest BCUT2D eigenvalue weighted by Gasteiger charge is -2.42. The van der Waals surface area contributed by atoms with Crippen LogP contribution < -0.4 is 10.5 Å². The van der Waals surface area contributed by atoms with Crippen molar-refractivity contribution in [2.75, 3.05) is 19.7 Å². The fraction of sp³-hybridized carbons (Fsp3) is 0.588. The lowest BCUT2D eigenvalue weighted by Crippen LogP contribution is -2.54. The quantitative estimate of drug-likeness (QED) is 0.929. The molecule has 1 aliphatic heterocycles. The van der Waals surface area contributed by atoms with E-state index in [1.165, 1.54) is 0 Å². The van der Waals surface area contributed by atoms with Gasteiger partial charge >= 0.3 is 0 Å². The van der Waals surface area contributed by atoms with E-state index in [4.69, 9.17) is 10.5 Å². The topological polar surface area (TPSA) is 55.6 Å². The van der Waals surface area contributed by atoms with Crippen LogP contribution in [-0.4, -0.2) is 36.5 Å². The predicted molar refractivity (Wildman–Crippen MR) is 84.4 cm³/mol. The van der Waals surface area contributed by atoms with Crippen molar-refractivity contribution in [3.05, 3.63) is 29.3 Å². The molecule has 1 amide bonds. The van der Waals surface area contributed by atoms with Crippen molar-refractivity contribution in [2.45, 2.75) is 40.2 Å². The van der Waals surface area contributed by atoms with E-state index < -0.39 is 0 Å². The second-order valence-electron chi connectivity index (χ2n) is 6.71. The van der Waals surface area contributed by atoms with E-state index in [2.05, 4.69) is 13.8 Å². The molecule has 1 aliphatic rings. The molecule has 0 spiro atoms. The summed E-state index contributed by atoms with van der Waals surface area (Å²) in [5.41, 5.74) is 8.19. The molecule has 0 saturated carbocycles. The lowest BCUT2D eigenvalue weighted by atomic mass is 9.80. The first-order valence-corrected chi connectivity index (χ1v) is 7.53. The highest BCUT2D eigenvalue weighted by Gasteiger charge is 2.35. The number of para-hydroxylation sites is 1. The van der Waals surface area contributed by atoms with Gasteiger partial charge in [-0.2, -0.15) is 0 Å². The van der Waals surface area contributed by atoms with Crippen LogP contribution in [0, 0.1) is 19.3 Å². The lowest BCUT2D eigenvalue weighted by molar-refractivity contribution is -0.136. The SMILES string of the molecule is Cc1cccc(C)c1OCC(=O)N1CCC(N)C(C)(C)C1. The van der Waals surface area contributed by atoms with Gasteiger partial charge in [0.15, 0.2) is 6.61 Å². The third kappa shape index (κ3) is 3.56. The van der Waals surface area contributed by atoms with Crippen molar-refractivity contribution in [1.29, 1.82) is 0 Å². The minimum atomic E-state index is -0.0352. The fourth-order valence-electron chi connectivity index (χ4n) is 2.84. The number of ether oxygens (including phenoxy) is 1. The molecule has 4 nitrogen and oxygen atoms in total. The first kappa shape index (κ1) is 15.8. The number of benzene rings is 1. The van der Waals surface area contributed by atoms with Crippen LogP contribution >= 0.6 is 0 Å². The molecule has 1 saturated heterocycles. The van der Waals surface area contributed by atoms with Crippen molar-refractivity contribution in [3.8, 4) is 5.75 Å². The molecule has 1 aromatic rings. The van der Waals surface area contributed by atoms with Gasteiger partial charge in [-0.3, -0.25) is 4.79 Å². The molecular weight excluding hydrogens is 264 g/mol. The number of nitrogens with two attached hydrogens (primary N) is 1. The zero-order valence-electron chi connectivity index (χ0n) is 13.5. The molecule has 0 aromatic heterocycles. The highest BCUT2D eigenvalue weighted by Crippen LogP contribution is 2.28. The molecule has 0 aliphatic carbocycles. The van der Waals surface area contributed by atoms with Crippen LogP contribution in [0.2, 0.25) is 0 Å². The number of aryl methyl sites for hydroxylation is 2. The van der Waals surface area contributed by atoms with Crippen molar-refractivity contribution >= 4 is 5.91 Å². The van der Waals surface area contributed by atoms with Gasteiger partial charge in [0.1, 0.15) is 5.75 Å². The second-order valence-corrected chi connectivity index (χ2v) is 6.71. The Kier molecular flexibility index (Phi) is 4.57. The Bertz CT molecular complexity index is 505. The highest BCUT2D eigenvalue weighted by molar-refractivity contribution is 5.78. The average molecular weight is 290 g/mol. The number of hydrogen-bond donors (Lipinski definition) is 1. The summed E-state index contributed by atoms with van der Waals surface area (Å²) in [7, 11) is 0.